The number of methoxy groups -OCH3 is 1. The van der Waals surface area contributed by atoms with Crippen molar-refractivity contribution in [1.29, 1.82) is 0 Å². The van der Waals surface area contributed by atoms with Crippen molar-refractivity contribution in [2.75, 3.05) is 7.11 Å². The molecule has 0 amide bonds. The fourth-order valence-corrected chi connectivity index (χ4v) is 5.17. The molecule has 7 heteroatoms. The van der Waals surface area contributed by atoms with Crippen LogP contribution in [0.2, 0.25) is 0 Å². The topological polar surface area (TPSA) is 71.1 Å². The van der Waals surface area contributed by atoms with Crippen molar-refractivity contribution in [3.63, 3.8) is 0 Å². The number of unbranched alkanes of at least 4 members (excludes halogenated alkanes) is 1. The van der Waals surface area contributed by atoms with Crippen LogP contribution in [0.25, 0.3) is 39.5 Å². The van der Waals surface area contributed by atoms with Gasteiger partial charge in [-0.15, -0.1) is 0 Å². The normalized spacial score (nSPS) is 11.8. The number of benzene rings is 3. The van der Waals surface area contributed by atoms with Crippen LogP contribution in [0.3, 0.4) is 0 Å². The van der Waals surface area contributed by atoms with E-state index in [1.807, 2.05) is 69.8 Å². The zero-order valence-electron chi connectivity index (χ0n) is 23.6. The molecule has 2 aromatic heterocycles. The average Bonchev–Trinajstić information content (AvgIpc) is 3.45. The highest BCUT2D eigenvalue weighted by molar-refractivity contribution is 5.94. The van der Waals surface area contributed by atoms with Gasteiger partial charge in [0.15, 0.2) is 0 Å². The first-order valence-corrected chi connectivity index (χ1v) is 13.9. The zero-order valence-corrected chi connectivity index (χ0v) is 23.6. The van der Waals surface area contributed by atoms with Crippen LogP contribution in [0.1, 0.15) is 49.5 Å². The highest BCUT2D eigenvalue weighted by Crippen LogP contribution is 2.29. The largest absolute Gasteiger partial charge is 0.465 e. The standard InChI is InChI=1S/C33H36N4O3/c1-5-6-18-35-29-17-14-25(21-30(29)36(33(35)39)19-10-13-24-11-8-7-9-12-24)31-34-27-20-26(32(38)40-4)15-16-28(27)37(31)22-23(2)3/h7-17,20-21,23H,5-6,18-19,22H2,1-4H3/b13-10+. The summed E-state index contributed by atoms with van der Waals surface area (Å²) in [5, 5.41) is 0. The summed E-state index contributed by atoms with van der Waals surface area (Å²) in [7, 11) is 1.38. The molecule has 5 aromatic rings. The number of esters is 1. The number of carbonyl (C=O) groups excluding carboxylic acids is 1. The first kappa shape index (κ1) is 27.2. The number of rotatable bonds is 10. The van der Waals surface area contributed by atoms with E-state index in [-0.39, 0.29) is 11.7 Å². The minimum atomic E-state index is -0.385. The number of fused-ring (bicyclic) bond motifs is 2. The van der Waals surface area contributed by atoms with Gasteiger partial charge in [0, 0.05) is 25.2 Å². The molecule has 0 radical (unpaired) electrons. The quantitative estimate of drug-likeness (QED) is 0.185. The Morgan fingerprint density at radius 1 is 0.950 bits per heavy atom. The highest BCUT2D eigenvalue weighted by atomic mass is 16.5. The molecule has 40 heavy (non-hydrogen) atoms. The van der Waals surface area contributed by atoms with Crippen molar-refractivity contribution >= 4 is 34.1 Å². The van der Waals surface area contributed by atoms with Crippen LogP contribution in [-0.4, -0.2) is 31.8 Å². The van der Waals surface area contributed by atoms with E-state index in [0.29, 0.717) is 24.6 Å². The summed E-state index contributed by atoms with van der Waals surface area (Å²) < 4.78 is 10.9. The number of carbonyl (C=O) groups is 1. The Labute approximate surface area is 234 Å². The Morgan fingerprint density at radius 2 is 1.73 bits per heavy atom. The van der Waals surface area contributed by atoms with E-state index in [9.17, 15) is 9.59 Å². The third-order valence-corrected chi connectivity index (χ3v) is 7.13. The van der Waals surface area contributed by atoms with E-state index in [4.69, 9.17) is 9.72 Å². The number of allylic oxidation sites excluding steroid dienone is 1. The highest BCUT2D eigenvalue weighted by Gasteiger charge is 2.19. The van der Waals surface area contributed by atoms with Gasteiger partial charge in [0.1, 0.15) is 5.82 Å². The van der Waals surface area contributed by atoms with Gasteiger partial charge in [-0.25, -0.2) is 14.6 Å². The smallest absolute Gasteiger partial charge is 0.337 e. The predicted octanol–water partition coefficient (Wildman–Crippen LogP) is 6.78. The summed E-state index contributed by atoms with van der Waals surface area (Å²) in [4.78, 5) is 30.7. The van der Waals surface area contributed by atoms with Gasteiger partial charge < -0.3 is 9.30 Å². The zero-order chi connectivity index (χ0) is 28.2. The number of ether oxygens (including phenoxy) is 1. The van der Waals surface area contributed by atoms with Crippen molar-refractivity contribution < 1.29 is 9.53 Å². The van der Waals surface area contributed by atoms with Gasteiger partial charge in [-0.1, -0.05) is 69.7 Å². The molecule has 0 bridgehead atoms. The second-order valence-corrected chi connectivity index (χ2v) is 10.5. The maximum absolute atomic E-state index is 13.6. The molecule has 0 fully saturated rings. The van der Waals surface area contributed by atoms with Gasteiger partial charge in [-0.2, -0.15) is 0 Å². The second-order valence-electron chi connectivity index (χ2n) is 10.5. The van der Waals surface area contributed by atoms with Gasteiger partial charge in [0.25, 0.3) is 0 Å². The minimum absolute atomic E-state index is 0.00304. The maximum atomic E-state index is 13.6. The molecule has 0 saturated heterocycles. The summed E-state index contributed by atoms with van der Waals surface area (Å²) in [5.41, 5.74) is 6.00. The van der Waals surface area contributed by atoms with E-state index < -0.39 is 0 Å². The first-order chi connectivity index (χ1) is 19.4. The third kappa shape index (κ3) is 5.37. The van der Waals surface area contributed by atoms with Crippen molar-refractivity contribution in [2.45, 2.75) is 53.2 Å². The molecule has 0 N–H and O–H groups in total. The van der Waals surface area contributed by atoms with E-state index in [1.54, 1.807) is 12.1 Å². The molecule has 0 unspecified atom stereocenters. The fourth-order valence-electron chi connectivity index (χ4n) is 5.17. The summed E-state index contributed by atoms with van der Waals surface area (Å²) in [5.74, 6) is 0.814. The molecular formula is C33H36N4O3. The molecule has 0 saturated carbocycles. The molecule has 0 aliphatic heterocycles. The van der Waals surface area contributed by atoms with Gasteiger partial charge >= 0.3 is 11.7 Å². The van der Waals surface area contributed by atoms with E-state index in [0.717, 1.165) is 58.4 Å². The Morgan fingerprint density at radius 3 is 2.45 bits per heavy atom. The average molecular weight is 537 g/mol. The van der Waals surface area contributed by atoms with Crippen LogP contribution in [0, 0.1) is 5.92 Å². The molecule has 3 aromatic carbocycles. The van der Waals surface area contributed by atoms with Gasteiger partial charge in [0.2, 0.25) is 0 Å². The Balaban J connectivity index is 1.64. The fraction of sp³-hybridized carbons (Fsp3) is 0.303. The molecule has 7 nitrogen and oxygen atoms in total. The molecular weight excluding hydrogens is 500 g/mol. The van der Waals surface area contributed by atoms with Crippen molar-refractivity contribution in [1.82, 2.24) is 18.7 Å². The summed E-state index contributed by atoms with van der Waals surface area (Å²) in [6, 6.07) is 21.8. The minimum Gasteiger partial charge on any atom is -0.465 e. The second kappa shape index (κ2) is 11.8. The van der Waals surface area contributed by atoms with Gasteiger partial charge in [0.05, 0.1) is 34.7 Å². The van der Waals surface area contributed by atoms with Gasteiger partial charge in [-0.3, -0.25) is 9.13 Å². The van der Waals surface area contributed by atoms with Gasteiger partial charge in [-0.05, 0) is 54.3 Å². The van der Waals surface area contributed by atoms with E-state index >= 15 is 0 Å². The summed E-state index contributed by atoms with van der Waals surface area (Å²) >= 11 is 0. The van der Waals surface area contributed by atoms with Crippen LogP contribution in [-0.2, 0) is 24.4 Å². The lowest BCUT2D eigenvalue weighted by Gasteiger charge is -2.12. The lowest BCUT2D eigenvalue weighted by molar-refractivity contribution is 0.0601. The number of hydrogen-bond acceptors (Lipinski definition) is 4. The molecule has 206 valence electrons. The molecule has 2 heterocycles. The van der Waals surface area contributed by atoms with Crippen LogP contribution in [0.5, 0.6) is 0 Å². The number of imidazole rings is 2. The number of aryl methyl sites for hydroxylation is 1. The van der Waals surface area contributed by atoms with Crippen molar-refractivity contribution in [3.05, 3.63) is 94.4 Å². The Bertz CT molecular complexity index is 1740. The molecule has 0 spiro atoms. The lowest BCUT2D eigenvalue weighted by Crippen LogP contribution is -2.24. The molecule has 0 aliphatic carbocycles. The molecule has 0 aliphatic rings. The SMILES string of the molecule is CCCCn1c(=O)n(C/C=C/c2ccccc2)c2cc(-c3nc4cc(C(=O)OC)ccc4n3CC(C)C)ccc21. The van der Waals surface area contributed by atoms with E-state index in [2.05, 4.69) is 31.4 Å². The summed E-state index contributed by atoms with van der Waals surface area (Å²) in [6.07, 6.45) is 6.03. The first-order valence-electron chi connectivity index (χ1n) is 13.9. The molecule has 0 atom stereocenters. The monoisotopic (exact) mass is 536 g/mol. The molecule has 5 rings (SSSR count). The number of nitrogens with zero attached hydrogens (tertiary/aromatic N) is 4. The maximum Gasteiger partial charge on any atom is 0.337 e. The van der Waals surface area contributed by atoms with Crippen LogP contribution < -0.4 is 5.69 Å². The number of hydrogen-bond donors (Lipinski definition) is 0. The van der Waals surface area contributed by atoms with Crippen LogP contribution >= 0.6 is 0 Å². The van der Waals surface area contributed by atoms with Crippen molar-refractivity contribution in [2.24, 2.45) is 5.92 Å². The Hall–Kier alpha value is -4.39. The van der Waals surface area contributed by atoms with Crippen molar-refractivity contribution in [3.8, 4) is 11.4 Å². The van der Waals surface area contributed by atoms with E-state index in [1.165, 1.54) is 7.11 Å². The van der Waals surface area contributed by atoms with Crippen LogP contribution in [0.15, 0.2) is 77.6 Å². The third-order valence-electron chi connectivity index (χ3n) is 7.13. The van der Waals surface area contributed by atoms with Crippen LogP contribution in [0.4, 0.5) is 0 Å². The lowest BCUT2D eigenvalue weighted by atomic mass is 10.1. The summed E-state index contributed by atoms with van der Waals surface area (Å²) in [6.45, 7) is 8.40. The predicted molar refractivity (Wildman–Crippen MR) is 161 cm³/mol. The number of aromatic nitrogens is 4. The Kier molecular flexibility index (Phi) is 8.01.